The molecule has 0 aliphatic carbocycles. The summed E-state index contributed by atoms with van der Waals surface area (Å²) in [6.07, 6.45) is -1.06. The van der Waals surface area contributed by atoms with Crippen molar-refractivity contribution in [1.29, 1.82) is 0 Å². The molecule has 2 rings (SSSR count). The largest absolute Gasteiger partial charge is 0.384 e. The lowest BCUT2D eigenvalue weighted by Gasteiger charge is -2.09. The molecule has 0 aliphatic rings. The third-order valence-electron chi connectivity index (χ3n) is 3.07. The van der Waals surface area contributed by atoms with Gasteiger partial charge in [-0.1, -0.05) is 42.5 Å². The van der Waals surface area contributed by atoms with E-state index in [1.165, 1.54) is 6.92 Å². The van der Waals surface area contributed by atoms with E-state index in [9.17, 15) is 14.1 Å². The fraction of sp³-hybridized carbons (Fsp3) is 0.235. The zero-order chi connectivity index (χ0) is 15.9. The quantitative estimate of drug-likeness (QED) is 0.860. The second-order valence-electron chi connectivity index (χ2n) is 5.08. The normalized spacial score (nSPS) is 13.4. The van der Waals surface area contributed by atoms with Crippen LogP contribution in [-0.2, 0) is 27.1 Å². The number of hydrogen-bond acceptors (Lipinski definition) is 3. The minimum atomic E-state index is -1.06. The molecule has 2 aromatic carbocycles. The number of nitrogens with one attached hydrogen (secondary N) is 1. The Morgan fingerprint density at radius 3 is 2.41 bits per heavy atom. The summed E-state index contributed by atoms with van der Waals surface area (Å²) in [5.41, 5.74) is 2.53. The van der Waals surface area contributed by atoms with Crippen molar-refractivity contribution in [3.63, 3.8) is 0 Å². The number of anilines is 1. The van der Waals surface area contributed by atoms with Gasteiger partial charge in [0, 0.05) is 28.0 Å². The van der Waals surface area contributed by atoms with Gasteiger partial charge in [0.2, 0.25) is 0 Å². The highest BCUT2D eigenvalue weighted by molar-refractivity contribution is 7.83. The second kappa shape index (κ2) is 7.87. The van der Waals surface area contributed by atoms with Crippen LogP contribution >= 0.6 is 0 Å². The highest BCUT2D eigenvalue weighted by Gasteiger charge is 2.09. The molecule has 0 aliphatic heterocycles. The summed E-state index contributed by atoms with van der Waals surface area (Å²) in [7, 11) is -1.01. The number of aliphatic hydroxyl groups excluding tert-OH is 1. The molecule has 116 valence electrons. The first-order valence-corrected chi connectivity index (χ1v) is 8.50. The van der Waals surface area contributed by atoms with Gasteiger partial charge in [0.05, 0.1) is 0 Å². The molecule has 0 heterocycles. The van der Waals surface area contributed by atoms with Gasteiger partial charge in [-0.25, -0.2) is 0 Å². The molecule has 2 unspecified atom stereocenters. The van der Waals surface area contributed by atoms with Crippen molar-refractivity contribution in [1.82, 2.24) is 0 Å². The Kier molecular flexibility index (Phi) is 5.86. The van der Waals surface area contributed by atoms with Gasteiger partial charge in [-0.05, 0) is 30.2 Å². The van der Waals surface area contributed by atoms with Crippen LogP contribution in [0.4, 0.5) is 5.69 Å². The number of carbonyl (C=O) groups is 1. The molecule has 22 heavy (non-hydrogen) atoms. The summed E-state index contributed by atoms with van der Waals surface area (Å²) in [6, 6.07) is 16.9. The average Bonchev–Trinajstić information content (AvgIpc) is 2.48. The lowest BCUT2D eigenvalue weighted by atomic mass is 10.2. The first-order chi connectivity index (χ1) is 10.5. The second-order valence-corrected chi connectivity index (χ2v) is 6.54. The Morgan fingerprint density at radius 2 is 1.73 bits per heavy atom. The molecule has 5 heteroatoms. The fourth-order valence-corrected chi connectivity index (χ4v) is 3.20. The molecule has 0 saturated carbocycles. The number of carbonyl (C=O) groups excluding carboxylic acids is 1. The predicted octanol–water partition coefficient (Wildman–Crippen LogP) is 2.45. The lowest BCUT2D eigenvalue weighted by Crippen LogP contribution is -2.24. The van der Waals surface area contributed by atoms with Crippen LogP contribution in [0, 0.1) is 0 Å². The van der Waals surface area contributed by atoms with Gasteiger partial charge in [-0.3, -0.25) is 9.00 Å². The molecule has 0 bridgehead atoms. The summed E-state index contributed by atoms with van der Waals surface area (Å²) in [5, 5.41) is 11.8. The third-order valence-corrected chi connectivity index (χ3v) is 4.38. The van der Waals surface area contributed by atoms with E-state index in [1.54, 1.807) is 18.2 Å². The van der Waals surface area contributed by atoms with E-state index in [2.05, 4.69) is 5.32 Å². The monoisotopic (exact) mass is 317 g/mol. The van der Waals surface area contributed by atoms with Crippen molar-refractivity contribution in [2.45, 2.75) is 24.5 Å². The van der Waals surface area contributed by atoms with Gasteiger partial charge < -0.3 is 10.4 Å². The molecule has 2 aromatic rings. The number of amides is 1. The van der Waals surface area contributed by atoms with Crippen LogP contribution in [-0.4, -0.2) is 21.3 Å². The topological polar surface area (TPSA) is 66.4 Å². The van der Waals surface area contributed by atoms with E-state index in [4.69, 9.17) is 0 Å². The highest BCUT2D eigenvalue weighted by atomic mass is 32.2. The Labute approximate surface area is 132 Å². The van der Waals surface area contributed by atoms with Gasteiger partial charge in [0.15, 0.2) is 0 Å². The Hall–Kier alpha value is -1.98. The van der Waals surface area contributed by atoms with Crippen LogP contribution in [0.25, 0.3) is 0 Å². The molecule has 0 fully saturated rings. The number of aliphatic hydroxyl groups is 1. The van der Waals surface area contributed by atoms with E-state index in [0.29, 0.717) is 17.2 Å². The summed E-state index contributed by atoms with van der Waals surface area (Å²) < 4.78 is 12.2. The maximum atomic E-state index is 12.2. The molecular weight excluding hydrogens is 298 g/mol. The first kappa shape index (κ1) is 16.4. The predicted molar refractivity (Wildman–Crippen MR) is 88.7 cm³/mol. The van der Waals surface area contributed by atoms with E-state index >= 15 is 0 Å². The van der Waals surface area contributed by atoms with Crippen LogP contribution in [0.1, 0.15) is 18.1 Å². The van der Waals surface area contributed by atoms with E-state index in [0.717, 1.165) is 11.1 Å². The molecule has 0 aromatic heterocycles. The summed E-state index contributed by atoms with van der Waals surface area (Å²) in [5.74, 6) is 0.473. The third kappa shape index (κ3) is 5.09. The van der Waals surface area contributed by atoms with Gasteiger partial charge >= 0.3 is 0 Å². The zero-order valence-corrected chi connectivity index (χ0v) is 13.2. The van der Waals surface area contributed by atoms with Crippen molar-refractivity contribution < 1.29 is 14.1 Å². The van der Waals surface area contributed by atoms with Crippen LogP contribution in [0.5, 0.6) is 0 Å². The minimum absolute atomic E-state index is 0.424. The van der Waals surface area contributed by atoms with Crippen molar-refractivity contribution >= 4 is 22.4 Å². The molecule has 4 nitrogen and oxygen atoms in total. The molecule has 2 atom stereocenters. The Bertz CT molecular complexity index is 656. The highest BCUT2D eigenvalue weighted by Crippen LogP contribution is 2.14. The van der Waals surface area contributed by atoms with Crippen LogP contribution < -0.4 is 5.32 Å². The number of benzene rings is 2. The van der Waals surface area contributed by atoms with E-state index in [-0.39, 0.29) is 0 Å². The minimum Gasteiger partial charge on any atom is -0.384 e. The Balaban J connectivity index is 1.98. The molecule has 0 spiro atoms. The van der Waals surface area contributed by atoms with E-state index in [1.807, 2.05) is 36.4 Å². The summed E-state index contributed by atoms with van der Waals surface area (Å²) in [4.78, 5) is 11.5. The number of rotatable bonds is 6. The maximum absolute atomic E-state index is 12.2. The molecule has 1 amide bonds. The van der Waals surface area contributed by atoms with Crippen LogP contribution in [0.3, 0.4) is 0 Å². The lowest BCUT2D eigenvalue weighted by molar-refractivity contribution is -0.123. The fourth-order valence-electron chi connectivity index (χ4n) is 1.98. The van der Waals surface area contributed by atoms with Crippen molar-refractivity contribution in [3.8, 4) is 0 Å². The van der Waals surface area contributed by atoms with Gasteiger partial charge in [0.1, 0.15) is 6.10 Å². The molecular formula is C17H19NO3S. The van der Waals surface area contributed by atoms with Gasteiger partial charge in [-0.2, -0.15) is 0 Å². The van der Waals surface area contributed by atoms with Gasteiger partial charge in [-0.15, -0.1) is 0 Å². The Morgan fingerprint density at radius 1 is 1.09 bits per heavy atom. The van der Waals surface area contributed by atoms with Crippen molar-refractivity contribution in [2.75, 3.05) is 5.32 Å². The zero-order valence-electron chi connectivity index (χ0n) is 12.4. The van der Waals surface area contributed by atoms with Gasteiger partial charge in [0.25, 0.3) is 5.91 Å². The smallest absolute Gasteiger partial charge is 0.252 e. The molecule has 0 radical (unpaired) electrons. The van der Waals surface area contributed by atoms with E-state index < -0.39 is 22.8 Å². The SMILES string of the molecule is CC(O)C(=O)Nc1cccc(CS(=O)Cc2ccccc2)c1. The molecule has 0 saturated heterocycles. The number of hydrogen-bond donors (Lipinski definition) is 2. The maximum Gasteiger partial charge on any atom is 0.252 e. The standard InChI is InChI=1S/C17H19NO3S/c1-13(19)17(20)18-16-9-5-8-15(10-16)12-22(21)11-14-6-3-2-4-7-14/h2-10,13,19H,11-12H2,1H3,(H,18,20). The van der Waals surface area contributed by atoms with Crippen LogP contribution in [0.15, 0.2) is 54.6 Å². The van der Waals surface area contributed by atoms with Crippen molar-refractivity contribution in [3.05, 3.63) is 65.7 Å². The molecule has 2 N–H and O–H groups in total. The average molecular weight is 317 g/mol. The van der Waals surface area contributed by atoms with Crippen LogP contribution in [0.2, 0.25) is 0 Å². The van der Waals surface area contributed by atoms with Crippen molar-refractivity contribution in [2.24, 2.45) is 0 Å². The first-order valence-electron chi connectivity index (χ1n) is 7.01. The summed E-state index contributed by atoms with van der Waals surface area (Å²) >= 11 is 0. The summed E-state index contributed by atoms with van der Waals surface area (Å²) in [6.45, 7) is 1.41.